The fraction of sp³-hybridized carbons (Fsp3) is 0.276. The molecule has 0 spiro atoms. The van der Waals surface area contributed by atoms with E-state index in [0.717, 1.165) is 17.7 Å². The Balaban J connectivity index is 2.10. The number of ketones is 1. The smallest absolute Gasteiger partial charge is 0.222 e. The molecule has 1 aromatic heterocycles. The summed E-state index contributed by atoms with van der Waals surface area (Å²) in [6, 6.07) is 8.01. The molecule has 0 unspecified atom stereocenters. The number of likely N-dealkylation sites (N-methyl/N-ethyl adjacent to an activating group) is 1. The molecule has 1 heterocycles. The molecule has 0 amide bonds. The summed E-state index contributed by atoms with van der Waals surface area (Å²) in [5, 5.41) is 13.6. The van der Waals surface area contributed by atoms with E-state index in [0.29, 0.717) is 52.7 Å². The summed E-state index contributed by atoms with van der Waals surface area (Å²) in [6.07, 6.45) is 3.40. The molecule has 2 N–H and O–H groups in total. The predicted molar refractivity (Wildman–Crippen MR) is 147 cm³/mol. The number of aromatic nitrogens is 2. The lowest BCUT2D eigenvalue weighted by Crippen LogP contribution is -2.33. The highest BCUT2D eigenvalue weighted by molar-refractivity contribution is 6.16. The van der Waals surface area contributed by atoms with E-state index < -0.39 is 0 Å². The zero-order chi connectivity index (χ0) is 26.6. The quantitative estimate of drug-likeness (QED) is 0.452. The number of hydrogen-bond acceptors (Lipinski definition) is 7. The van der Waals surface area contributed by atoms with E-state index in [9.17, 15) is 9.90 Å². The minimum atomic E-state index is -0.341. The van der Waals surface area contributed by atoms with E-state index in [2.05, 4.69) is 39.9 Å². The maximum Gasteiger partial charge on any atom is 0.222 e. The lowest BCUT2D eigenvalue weighted by molar-refractivity contribution is -0.112. The molecule has 0 saturated carbocycles. The zero-order valence-corrected chi connectivity index (χ0v) is 21.9. The van der Waals surface area contributed by atoms with Crippen LogP contribution >= 0.6 is 0 Å². The Labute approximate surface area is 213 Å². The van der Waals surface area contributed by atoms with Gasteiger partial charge in [-0.25, -0.2) is 9.97 Å². The third kappa shape index (κ3) is 5.63. The largest absolute Gasteiger partial charge is 0.508 e. The van der Waals surface area contributed by atoms with Crippen molar-refractivity contribution < 1.29 is 9.90 Å². The maximum absolute atomic E-state index is 13.9. The number of anilines is 2. The first kappa shape index (κ1) is 26.6. The second-order valence-electron chi connectivity index (χ2n) is 9.27. The number of hydrogen-bond donors (Lipinski definition) is 2. The van der Waals surface area contributed by atoms with E-state index in [1.54, 1.807) is 19.3 Å². The number of aliphatic hydroxyl groups is 1. The number of nitrogens with one attached hydrogen (secondary N) is 1. The van der Waals surface area contributed by atoms with Gasteiger partial charge in [0.15, 0.2) is 0 Å². The Morgan fingerprint density at radius 2 is 1.72 bits per heavy atom. The molecule has 7 nitrogen and oxygen atoms in total. The fourth-order valence-corrected chi connectivity index (χ4v) is 4.16. The van der Waals surface area contributed by atoms with Crippen molar-refractivity contribution in [3.05, 3.63) is 107 Å². The van der Waals surface area contributed by atoms with Crippen molar-refractivity contribution in [3.63, 3.8) is 0 Å². The van der Waals surface area contributed by atoms with Crippen molar-refractivity contribution in [2.75, 3.05) is 37.4 Å². The molecular formula is C29H35N5O2. The molecule has 1 aliphatic rings. The summed E-state index contributed by atoms with van der Waals surface area (Å²) < 4.78 is 0. The third-order valence-corrected chi connectivity index (χ3v) is 6.17. The third-order valence-electron chi connectivity index (χ3n) is 6.17. The Hall–Kier alpha value is -3.97. The number of rotatable bonds is 10. The van der Waals surface area contributed by atoms with E-state index in [-0.39, 0.29) is 17.1 Å². The van der Waals surface area contributed by atoms with Gasteiger partial charge in [-0.2, -0.15) is 0 Å². The first-order valence-electron chi connectivity index (χ1n) is 11.8. The van der Waals surface area contributed by atoms with E-state index in [1.807, 2.05) is 57.1 Å². The van der Waals surface area contributed by atoms with Crippen LogP contribution in [0.2, 0.25) is 0 Å². The summed E-state index contributed by atoms with van der Waals surface area (Å²) in [5.74, 6) is -0.140. The van der Waals surface area contributed by atoms with Crippen LogP contribution in [0.3, 0.4) is 0 Å². The van der Waals surface area contributed by atoms with Crippen LogP contribution in [0.15, 0.2) is 95.7 Å². The normalized spacial score (nSPS) is 13.9. The van der Waals surface area contributed by atoms with Gasteiger partial charge in [0.05, 0.1) is 29.4 Å². The first-order chi connectivity index (χ1) is 17.0. The topological polar surface area (TPSA) is 81.6 Å². The van der Waals surface area contributed by atoms with Crippen LogP contribution in [0.1, 0.15) is 25.0 Å². The van der Waals surface area contributed by atoms with Crippen molar-refractivity contribution in [1.82, 2.24) is 14.9 Å². The highest BCUT2D eigenvalue weighted by Crippen LogP contribution is 2.39. The van der Waals surface area contributed by atoms with Gasteiger partial charge in [-0.05, 0) is 68.3 Å². The summed E-state index contributed by atoms with van der Waals surface area (Å²) in [4.78, 5) is 26.8. The minimum Gasteiger partial charge on any atom is -0.508 e. The van der Waals surface area contributed by atoms with Gasteiger partial charge in [-0.15, -0.1) is 0 Å². The van der Waals surface area contributed by atoms with Crippen molar-refractivity contribution in [3.8, 4) is 0 Å². The molecule has 0 atom stereocenters. The molecule has 1 aliphatic carbocycles. The molecule has 7 heteroatoms. The number of allylic oxidation sites excluding steroid dienone is 6. The van der Waals surface area contributed by atoms with Gasteiger partial charge < -0.3 is 20.2 Å². The van der Waals surface area contributed by atoms with Crippen LogP contribution in [0.4, 0.5) is 11.6 Å². The average Bonchev–Trinajstić information content (AvgIpc) is 2.81. The minimum absolute atomic E-state index is 0.116. The Kier molecular flexibility index (Phi) is 8.27. The van der Waals surface area contributed by atoms with Crippen molar-refractivity contribution >= 4 is 17.4 Å². The number of aryl methyl sites for hydroxylation is 1. The van der Waals surface area contributed by atoms with Crippen LogP contribution in [-0.2, 0) is 11.3 Å². The highest BCUT2D eigenvalue weighted by Gasteiger charge is 2.35. The number of carbonyl (C=O) groups is 1. The zero-order valence-electron chi connectivity index (χ0n) is 21.9. The van der Waals surface area contributed by atoms with Gasteiger partial charge in [0, 0.05) is 19.6 Å². The van der Waals surface area contributed by atoms with Gasteiger partial charge in [-0.3, -0.25) is 4.79 Å². The van der Waals surface area contributed by atoms with Crippen LogP contribution in [0.5, 0.6) is 0 Å². The molecule has 0 radical (unpaired) electrons. The van der Waals surface area contributed by atoms with Crippen LogP contribution in [0, 0.1) is 6.92 Å². The van der Waals surface area contributed by atoms with Gasteiger partial charge >= 0.3 is 0 Å². The number of benzene rings is 1. The highest BCUT2D eigenvalue weighted by atomic mass is 16.3. The molecule has 0 aliphatic heterocycles. The van der Waals surface area contributed by atoms with Crippen LogP contribution in [0.25, 0.3) is 0 Å². The summed E-state index contributed by atoms with van der Waals surface area (Å²) >= 11 is 0. The monoisotopic (exact) mass is 485 g/mol. The Morgan fingerprint density at radius 3 is 2.28 bits per heavy atom. The van der Waals surface area contributed by atoms with Crippen molar-refractivity contribution in [1.29, 1.82) is 0 Å². The number of carbonyl (C=O) groups excluding carboxylic acids is 1. The summed E-state index contributed by atoms with van der Waals surface area (Å²) in [7, 11) is 4.01. The second-order valence-corrected chi connectivity index (χ2v) is 9.27. The molecule has 0 saturated heterocycles. The molecule has 36 heavy (non-hydrogen) atoms. The summed E-state index contributed by atoms with van der Waals surface area (Å²) in [5.41, 5.74) is 5.79. The molecule has 0 fully saturated rings. The van der Waals surface area contributed by atoms with Gasteiger partial charge in [0.2, 0.25) is 11.7 Å². The lowest BCUT2D eigenvalue weighted by Gasteiger charge is -2.33. The van der Waals surface area contributed by atoms with Crippen LogP contribution in [-0.4, -0.2) is 52.9 Å². The van der Waals surface area contributed by atoms with Crippen LogP contribution < -0.4 is 10.2 Å². The number of aliphatic hydroxyl groups excluding tert-OH is 1. The number of Topliss-reactive ketones (excluding diaryl/α,β-unsaturated/α-hetero) is 1. The first-order valence-corrected chi connectivity index (χ1v) is 11.8. The predicted octanol–water partition coefficient (Wildman–Crippen LogP) is 5.12. The second kappa shape index (κ2) is 11.2. The SMILES string of the molecule is C=C(C)C1=C(C(=C)O)C(=O)C(N(Cc2ccccc2C)c2cnc(NCCN(C)C)nc2)=C(C)C1=C. The number of nitrogens with zero attached hydrogens (tertiary/aromatic N) is 4. The van der Waals surface area contributed by atoms with Gasteiger partial charge in [-0.1, -0.05) is 44.0 Å². The van der Waals surface area contributed by atoms with E-state index in [4.69, 9.17) is 0 Å². The Morgan fingerprint density at radius 1 is 1.08 bits per heavy atom. The van der Waals surface area contributed by atoms with Crippen molar-refractivity contribution in [2.24, 2.45) is 0 Å². The summed E-state index contributed by atoms with van der Waals surface area (Å²) in [6.45, 7) is 19.5. The standard InChI is InChI=1S/C29H35N5O2/c1-18(2)25-20(4)21(5)27(28(36)26(25)22(6)35)34(17-23-12-10-9-11-19(23)3)24-15-31-29(32-16-24)30-13-14-33(7)8/h9-12,15-16,35H,1,4,6,13-14,17H2,2-3,5,7-8H3,(H,30,31,32). The maximum atomic E-state index is 13.9. The molecular weight excluding hydrogens is 450 g/mol. The molecule has 1 aromatic carbocycles. The fourth-order valence-electron chi connectivity index (χ4n) is 4.16. The van der Waals surface area contributed by atoms with E-state index in [1.165, 1.54) is 0 Å². The molecule has 0 bridgehead atoms. The van der Waals surface area contributed by atoms with E-state index >= 15 is 0 Å². The molecule has 2 aromatic rings. The molecule has 188 valence electrons. The van der Waals surface area contributed by atoms with Gasteiger partial charge in [0.1, 0.15) is 5.76 Å². The average molecular weight is 486 g/mol. The lowest BCUT2D eigenvalue weighted by atomic mass is 9.81. The van der Waals surface area contributed by atoms with Gasteiger partial charge in [0.25, 0.3) is 0 Å². The Bertz CT molecular complexity index is 1270. The van der Waals surface area contributed by atoms with Crippen molar-refractivity contribution in [2.45, 2.75) is 27.3 Å². The molecule has 3 rings (SSSR count).